The maximum Gasteiger partial charge on any atom is 0.490 e. The Kier molecular flexibility index (Phi) is 11.4. The number of fused-ring (bicyclic) bond motifs is 1. The molecule has 0 bridgehead atoms. The molecule has 2 aromatic rings. The molecule has 2 aromatic heterocycles. The van der Waals surface area contributed by atoms with Crippen molar-refractivity contribution in [3.63, 3.8) is 0 Å². The van der Waals surface area contributed by atoms with Crippen LogP contribution < -0.4 is 0 Å². The summed E-state index contributed by atoms with van der Waals surface area (Å²) in [5.41, 5.74) is 4.08. The average Bonchev–Trinajstić information content (AvgIpc) is 3.24. The van der Waals surface area contributed by atoms with E-state index in [1.807, 2.05) is 30.7 Å². The first-order chi connectivity index (χ1) is 15.8. The summed E-state index contributed by atoms with van der Waals surface area (Å²) >= 11 is 1.83. The summed E-state index contributed by atoms with van der Waals surface area (Å²) in [6.07, 6.45) is -5.08. The molecule has 190 valence electrons. The Bertz CT molecular complexity index is 895. The zero-order chi connectivity index (χ0) is 25.9. The molecular weight excluding hydrogens is 494 g/mol. The Labute approximate surface area is 194 Å². The summed E-state index contributed by atoms with van der Waals surface area (Å²) in [4.78, 5) is 26.1. The van der Waals surface area contributed by atoms with Gasteiger partial charge in [-0.05, 0) is 41.5 Å². The van der Waals surface area contributed by atoms with Gasteiger partial charge in [0.25, 0.3) is 0 Å². The number of pyridine rings is 1. The number of alkyl halides is 6. The summed E-state index contributed by atoms with van der Waals surface area (Å²) in [6.45, 7) is 6.65. The fourth-order valence-corrected chi connectivity index (χ4v) is 3.47. The quantitative estimate of drug-likeness (QED) is 0.565. The van der Waals surface area contributed by atoms with E-state index in [0.29, 0.717) is 6.61 Å². The van der Waals surface area contributed by atoms with Crippen LogP contribution in [-0.2, 0) is 40.4 Å². The number of hydrogen-bond donors (Lipinski definition) is 2. The molecule has 34 heavy (non-hydrogen) atoms. The maximum atomic E-state index is 10.6. The lowest BCUT2D eigenvalue weighted by molar-refractivity contribution is -0.193. The van der Waals surface area contributed by atoms with Crippen molar-refractivity contribution >= 4 is 23.3 Å². The van der Waals surface area contributed by atoms with Gasteiger partial charge in [-0.3, -0.25) is 9.88 Å². The lowest BCUT2D eigenvalue weighted by Gasteiger charge is -2.29. The molecule has 3 rings (SSSR count). The fraction of sp³-hybridized carbons (Fsp3) is 0.450. The zero-order valence-corrected chi connectivity index (χ0v) is 18.6. The second kappa shape index (κ2) is 13.2. The highest BCUT2D eigenvalue weighted by Gasteiger charge is 2.38. The molecule has 1 aliphatic heterocycles. The largest absolute Gasteiger partial charge is 0.490 e. The third kappa shape index (κ3) is 10.5. The van der Waals surface area contributed by atoms with Crippen molar-refractivity contribution in [1.29, 1.82) is 0 Å². The molecule has 1 aliphatic rings. The van der Waals surface area contributed by atoms with Gasteiger partial charge >= 0.3 is 24.3 Å². The molecule has 7 nitrogen and oxygen atoms in total. The van der Waals surface area contributed by atoms with Crippen molar-refractivity contribution in [2.24, 2.45) is 0 Å². The zero-order valence-electron chi connectivity index (χ0n) is 17.8. The molecule has 0 unspecified atom stereocenters. The van der Waals surface area contributed by atoms with Gasteiger partial charge in [0.2, 0.25) is 0 Å². The lowest BCUT2D eigenvalue weighted by atomic mass is 9.97. The number of ether oxygens (including phenoxy) is 1. The Morgan fingerprint density at radius 1 is 1.12 bits per heavy atom. The molecule has 14 heteroatoms. The number of nitrogens with zero attached hydrogens (tertiary/aromatic N) is 2. The van der Waals surface area contributed by atoms with Crippen LogP contribution in [0.3, 0.4) is 0 Å². The van der Waals surface area contributed by atoms with E-state index < -0.39 is 24.3 Å². The van der Waals surface area contributed by atoms with E-state index in [4.69, 9.17) is 24.5 Å². The van der Waals surface area contributed by atoms with Crippen LogP contribution in [0, 0.1) is 0 Å². The summed E-state index contributed by atoms with van der Waals surface area (Å²) in [5.74, 6) is -5.51. The molecule has 0 radical (unpaired) electrons. The molecular formula is C20H22F6N2O5S. The van der Waals surface area contributed by atoms with E-state index in [1.54, 1.807) is 0 Å². The molecule has 2 N–H and O–H groups in total. The molecule has 0 saturated heterocycles. The van der Waals surface area contributed by atoms with E-state index in [2.05, 4.69) is 27.4 Å². The number of aromatic nitrogens is 1. The average molecular weight is 516 g/mol. The molecule has 0 fully saturated rings. The maximum absolute atomic E-state index is 10.6. The third-order valence-electron chi connectivity index (χ3n) is 4.21. The number of carboxylic acid groups (broad SMARTS) is 2. The van der Waals surface area contributed by atoms with Crippen molar-refractivity contribution in [3.05, 3.63) is 51.5 Å². The topological polar surface area (TPSA) is 100.0 Å². The monoisotopic (exact) mass is 516 g/mol. The number of hydrogen-bond acceptors (Lipinski definition) is 6. The Hall–Kier alpha value is -2.71. The van der Waals surface area contributed by atoms with Crippen LogP contribution in [0.25, 0.3) is 0 Å². The molecule has 0 spiro atoms. The summed E-state index contributed by atoms with van der Waals surface area (Å²) in [5, 5.41) is 16.4. The SMILES string of the molecule is CCOCc1cncc2c1CCN(Cc1cccs1)C2.O=C(O)C(F)(F)F.O=C(O)C(F)(F)F. The van der Waals surface area contributed by atoms with Gasteiger partial charge in [-0.1, -0.05) is 6.07 Å². The van der Waals surface area contributed by atoms with E-state index in [0.717, 1.165) is 32.7 Å². The van der Waals surface area contributed by atoms with E-state index in [1.165, 1.54) is 21.6 Å². The minimum absolute atomic E-state index is 0.692. The Balaban J connectivity index is 0.000000343. The minimum Gasteiger partial charge on any atom is -0.475 e. The first-order valence-electron chi connectivity index (χ1n) is 9.63. The normalized spacial score (nSPS) is 13.6. The van der Waals surface area contributed by atoms with Crippen LogP contribution in [-0.4, -0.2) is 57.5 Å². The number of aliphatic carboxylic acids is 2. The summed E-state index contributed by atoms with van der Waals surface area (Å²) in [7, 11) is 0. The van der Waals surface area contributed by atoms with Crippen molar-refractivity contribution in [1.82, 2.24) is 9.88 Å². The van der Waals surface area contributed by atoms with Gasteiger partial charge < -0.3 is 14.9 Å². The second-order valence-corrected chi connectivity index (χ2v) is 7.75. The van der Waals surface area contributed by atoms with Crippen LogP contribution in [0.5, 0.6) is 0 Å². The van der Waals surface area contributed by atoms with Gasteiger partial charge in [-0.2, -0.15) is 26.3 Å². The van der Waals surface area contributed by atoms with Crippen LogP contribution in [0.1, 0.15) is 28.5 Å². The smallest absolute Gasteiger partial charge is 0.475 e. The Morgan fingerprint density at radius 2 is 1.71 bits per heavy atom. The van der Waals surface area contributed by atoms with Crippen molar-refractivity contribution in [3.8, 4) is 0 Å². The van der Waals surface area contributed by atoms with Crippen molar-refractivity contribution < 1.29 is 50.9 Å². The molecule has 0 amide bonds. The number of thiophene rings is 1. The Morgan fingerprint density at radius 3 is 2.18 bits per heavy atom. The van der Waals surface area contributed by atoms with Gasteiger partial charge in [0.15, 0.2) is 0 Å². The van der Waals surface area contributed by atoms with E-state index >= 15 is 0 Å². The first kappa shape index (κ1) is 29.3. The molecule has 0 saturated carbocycles. The molecule has 0 aliphatic carbocycles. The predicted octanol–water partition coefficient (Wildman–Crippen LogP) is 4.50. The highest BCUT2D eigenvalue weighted by Crippen LogP contribution is 2.24. The number of carbonyl (C=O) groups is 2. The molecule has 0 atom stereocenters. The molecule has 3 heterocycles. The van der Waals surface area contributed by atoms with Gasteiger partial charge in [-0.15, -0.1) is 11.3 Å². The highest BCUT2D eigenvalue weighted by atomic mass is 32.1. The van der Waals surface area contributed by atoms with Crippen LogP contribution in [0.4, 0.5) is 26.3 Å². The van der Waals surface area contributed by atoms with Crippen LogP contribution in [0.2, 0.25) is 0 Å². The first-order valence-corrected chi connectivity index (χ1v) is 10.5. The number of rotatable bonds is 5. The highest BCUT2D eigenvalue weighted by molar-refractivity contribution is 7.09. The lowest BCUT2D eigenvalue weighted by Crippen LogP contribution is -2.30. The van der Waals surface area contributed by atoms with E-state index in [9.17, 15) is 26.3 Å². The number of carboxylic acids is 2. The van der Waals surface area contributed by atoms with Crippen molar-refractivity contribution in [2.45, 2.75) is 45.4 Å². The standard InChI is InChI=1S/C16H20N2OS.2C2HF3O2/c1-2-19-12-14-9-17-8-13-10-18(6-5-16(13)14)11-15-4-3-7-20-15;2*3-2(4,5)1(6)7/h3-4,7-9H,2,5-6,10-12H2,1H3;2*(H,6,7). The van der Waals surface area contributed by atoms with Crippen LogP contribution in [0.15, 0.2) is 29.9 Å². The van der Waals surface area contributed by atoms with Crippen LogP contribution >= 0.6 is 11.3 Å². The van der Waals surface area contributed by atoms with Gasteiger partial charge in [-0.25, -0.2) is 9.59 Å². The third-order valence-corrected chi connectivity index (χ3v) is 5.08. The van der Waals surface area contributed by atoms with Gasteiger partial charge in [0.05, 0.1) is 6.61 Å². The molecule has 0 aromatic carbocycles. The number of halogens is 6. The minimum atomic E-state index is -5.08. The summed E-state index contributed by atoms with van der Waals surface area (Å²) in [6, 6.07) is 4.34. The van der Waals surface area contributed by atoms with Gasteiger partial charge in [0, 0.05) is 43.5 Å². The second-order valence-electron chi connectivity index (χ2n) is 6.72. The van der Waals surface area contributed by atoms with Crippen molar-refractivity contribution in [2.75, 3.05) is 13.2 Å². The predicted molar refractivity (Wildman–Crippen MR) is 109 cm³/mol. The fourth-order valence-electron chi connectivity index (χ4n) is 2.72. The summed E-state index contributed by atoms with van der Waals surface area (Å²) < 4.78 is 69.0. The van der Waals surface area contributed by atoms with E-state index in [-0.39, 0.29) is 0 Å². The van der Waals surface area contributed by atoms with Gasteiger partial charge in [0.1, 0.15) is 0 Å².